The molecule has 0 atom stereocenters. The average Bonchev–Trinajstić information content (AvgIpc) is 2.38. The molecule has 0 unspecified atom stereocenters. The van der Waals surface area contributed by atoms with E-state index in [4.69, 9.17) is 22.1 Å². The van der Waals surface area contributed by atoms with Gasteiger partial charge in [-0.15, -0.1) is 0 Å². The molecule has 0 amide bonds. The number of hydrogen-bond donors (Lipinski definition) is 1. The Bertz CT molecular complexity index is 487. The molecule has 0 radical (unpaired) electrons. The Labute approximate surface area is 104 Å². The topological polar surface area (TPSA) is 61.0 Å². The summed E-state index contributed by atoms with van der Waals surface area (Å²) in [6.45, 7) is 0.729. The molecule has 0 fully saturated rings. The normalized spacial score (nSPS) is 10.2. The fraction of sp³-hybridized carbons (Fsp3) is 0.167. The van der Waals surface area contributed by atoms with E-state index in [9.17, 15) is 0 Å². The van der Waals surface area contributed by atoms with Crippen LogP contribution in [0.4, 0.5) is 0 Å². The van der Waals surface area contributed by atoms with E-state index in [0.29, 0.717) is 29.7 Å². The van der Waals surface area contributed by atoms with Crippen molar-refractivity contribution in [3.8, 4) is 5.88 Å². The number of benzene rings is 1. The van der Waals surface area contributed by atoms with Gasteiger partial charge in [0.15, 0.2) is 0 Å². The summed E-state index contributed by atoms with van der Waals surface area (Å²) in [5.41, 5.74) is 7.21. The number of hydrogen-bond acceptors (Lipinski definition) is 4. The maximum absolute atomic E-state index is 5.80. The molecule has 0 saturated carbocycles. The van der Waals surface area contributed by atoms with E-state index in [1.807, 2.05) is 24.3 Å². The highest BCUT2D eigenvalue weighted by Crippen LogP contribution is 2.14. The van der Waals surface area contributed by atoms with Gasteiger partial charge in [0.2, 0.25) is 5.88 Å². The lowest BCUT2D eigenvalue weighted by atomic mass is 10.2. The highest BCUT2D eigenvalue weighted by atomic mass is 35.5. The summed E-state index contributed by atoms with van der Waals surface area (Å²) in [5, 5.41) is 0.705. The quantitative estimate of drug-likeness (QED) is 0.902. The summed E-state index contributed by atoms with van der Waals surface area (Å²) in [6.07, 6.45) is 3.17. The second kappa shape index (κ2) is 5.61. The largest absolute Gasteiger partial charge is 0.471 e. The minimum Gasteiger partial charge on any atom is -0.471 e. The molecule has 1 aromatic heterocycles. The smallest absolute Gasteiger partial charge is 0.237 e. The molecule has 17 heavy (non-hydrogen) atoms. The van der Waals surface area contributed by atoms with Crippen molar-refractivity contribution in [2.24, 2.45) is 5.73 Å². The van der Waals surface area contributed by atoms with Gasteiger partial charge in [-0.2, -0.15) is 0 Å². The Balaban J connectivity index is 2.04. The molecule has 0 aliphatic rings. The first-order valence-electron chi connectivity index (χ1n) is 5.17. The van der Waals surface area contributed by atoms with Crippen molar-refractivity contribution >= 4 is 11.6 Å². The third-order valence-corrected chi connectivity index (χ3v) is 2.47. The number of halogens is 1. The van der Waals surface area contributed by atoms with Crippen LogP contribution < -0.4 is 10.5 Å². The SMILES string of the molecule is NCc1nccnc1OCc1ccc(Cl)cc1. The first-order valence-corrected chi connectivity index (χ1v) is 5.54. The van der Waals surface area contributed by atoms with Crippen LogP contribution in [0, 0.1) is 0 Å². The van der Waals surface area contributed by atoms with Crippen LogP contribution >= 0.6 is 11.6 Å². The zero-order chi connectivity index (χ0) is 12.1. The van der Waals surface area contributed by atoms with Gasteiger partial charge in [0, 0.05) is 24.0 Å². The summed E-state index contributed by atoms with van der Waals surface area (Å²) in [6, 6.07) is 7.45. The van der Waals surface area contributed by atoms with E-state index in [0.717, 1.165) is 5.56 Å². The van der Waals surface area contributed by atoms with Crippen LogP contribution in [0.3, 0.4) is 0 Å². The van der Waals surface area contributed by atoms with Gasteiger partial charge in [-0.25, -0.2) is 4.98 Å². The first-order chi connectivity index (χ1) is 8.29. The predicted molar refractivity (Wildman–Crippen MR) is 65.7 cm³/mol. The summed E-state index contributed by atoms with van der Waals surface area (Å²) < 4.78 is 5.56. The van der Waals surface area contributed by atoms with Crippen LogP contribution in [0.2, 0.25) is 5.02 Å². The van der Waals surface area contributed by atoms with E-state index in [1.54, 1.807) is 12.4 Å². The third kappa shape index (κ3) is 3.15. The highest BCUT2D eigenvalue weighted by molar-refractivity contribution is 6.30. The molecule has 0 saturated heterocycles. The van der Waals surface area contributed by atoms with Gasteiger partial charge in [0.05, 0.1) is 0 Å². The Morgan fingerprint density at radius 3 is 2.53 bits per heavy atom. The van der Waals surface area contributed by atoms with Crippen LogP contribution in [0.25, 0.3) is 0 Å². The van der Waals surface area contributed by atoms with Crippen molar-refractivity contribution in [3.05, 3.63) is 52.9 Å². The number of nitrogens with zero attached hydrogens (tertiary/aromatic N) is 2. The molecule has 2 N–H and O–H groups in total. The molecule has 0 spiro atoms. The second-order valence-corrected chi connectivity index (χ2v) is 3.86. The highest BCUT2D eigenvalue weighted by Gasteiger charge is 2.04. The van der Waals surface area contributed by atoms with E-state index >= 15 is 0 Å². The van der Waals surface area contributed by atoms with Gasteiger partial charge >= 0.3 is 0 Å². The van der Waals surface area contributed by atoms with Crippen LogP contribution in [-0.2, 0) is 13.2 Å². The zero-order valence-corrected chi connectivity index (χ0v) is 9.89. The minimum absolute atomic E-state index is 0.309. The predicted octanol–water partition coefficient (Wildman–Crippen LogP) is 2.17. The Kier molecular flexibility index (Phi) is 3.90. The standard InChI is InChI=1S/C12H12ClN3O/c13-10-3-1-9(2-4-10)8-17-12-11(7-14)15-5-6-16-12/h1-6H,7-8,14H2. The molecule has 1 heterocycles. The van der Waals surface area contributed by atoms with Crippen molar-refractivity contribution in [2.75, 3.05) is 0 Å². The van der Waals surface area contributed by atoms with E-state index < -0.39 is 0 Å². The summed E-state index contributed by atoms with van der Waals surface area (Å²) >= 11 is 5.80. The lowest BCUT2D eigenvalue weighted by Crippen LogP contribution is -2.06. The summed E-state index contributed by atoms with van der Waals surface area (Å²) in [5.74, 6) is 0.477. The van der Waals surface area contributed by atoms with Gasteiger partial charge in [-0.1, -0.05) is 23.7 Å². The van der Waals surface area contributed by atoms with E-state index in [1.165, 1.54) is 0 Å². The Morgan fingerprint density at radius 1 is 1.12 bits per heavy atom. The molecule has 2 rings (SSSR count). The Morgan fingerprint density at radius 2 is 1.82 bits per heavy atom. The van der Waals surface area contributed by atoms with Crippen molar-refractivity contribution in [3.63, 3.8) is 0 Å². The molecule has 0 aliphatic carbocycles. The van der Waals surface area contributed by atoms with Crippen LogP contribution in [-0.4, -0.2) is 9.97 Å². The second-order valence-electron chi connectivity index (χ2n) is 3.43. The summed E-state index contributed by atoms with van der Waals surface area (Å²) in [4.78, 5) is 8.18. The summed E-state index contributed by atoms with van der Waals surface area (Å²) in [7, 11) is 0. The maximum Gasteiger partial charge on any atom is 0.237 e. The molecular formula is C12H12ClN3O. The molecular weight excluding hydrogens is 238 g/mol. The third-order valence-electron chi connectivity index (χ3n) is 2.22. The molecule has 0 bridgehead atoms. The van der Waals surface area contributed by atoms with E-state index in [2.05, 4.69) is 9.97 Å². The van der Waals surface area contributed by atoms with Crippen LogP contribution in [0.1, 0.15) is 11.3 Å². The van der Waals surface area contributed by atoms with Crippen molar-refractivity contribution in [2.45, 2.75) is 13.2 Å². The van der Waals surface area contributed by atoms with Crippen LogP contribution in [0.5, 0.6) is 5.88 Å². The molecule has 5 heteroatoms. The number of ether oxygens (including phenoxy) is 1. The Hall–Kier alpha value is -1.65. The van der Waals surface area contributed by atoms with Crippen molar-refractivity contribution in [1.82, 2.24) is 9.97 Å². The molecule has 1 aromatic carbocycles. The lowest BCUT2D eigenvalue weighted by Gasteiger charge is -2.07. The monoisotopic (exact) mass is 249 g/mol. The van der Waals surface area contributed by atoms with Crippen LogP contribution in [0.15, 0.2) is 36.7 Å². The number of aromatic nitrogens is 2. The maximum atomic E-state index is 5.80. The van der Waals surface area contributed by atoms with Crippen molar-refractivity contribution in [1.29, 1.82) is 0 Å². The first kappa shape index (κ1) is 11.8. The van der Waals surface area contributed by atoms with E-state index in [-0.39, 0.29) is 0 Å². The average molecular weight is 250 g/mol. The number of rotatable bonds is 4. The molecule has 2 aromatic rings. The molecule has 4 nitrogen and oxygen atoms in total. The molecule has 0 aliphatic heterocycles. The van der Waals surface area contributed by atoms with Gasteiger partial charge in [0.25, 0.3) is 0 Å². The zero-order valence-electron chi connectivity index (χ0n) is 9.14. The number of nitrogens with two attached hydrogens (primary N) is 1. The van der Waals surface area contributed by atoms with Gasteiger partial charge < -0.3 is 10.5 Å². The van der Waals surface area contributed by atoms with Gasteiger partial charge in [0.1, 0.15) is 12.3 Å². The van der Waals surface area contributed by atoms with Gasteiger partial charge in [-0.3, -0.25) is 4.98 Å². The molecule has 88 valence electrons. The lowest BCUT2D eigenvalue weighted by molar-refractivity contribution is 0.288. The fourth-order valence-corrected chi connectivity index (χ4v) is 1.47. The van der Waals surface area contributed by atoms with Gasteiger partial charge in [-0.05, 0) is 17.7 Å². The minimum atomic E-state index is 0.309. The van der Waals surface area contributed by atoms with Crippen molar-refractivity contribution < 1.29 is 4.74 Å². The fourth-order valence-electron chi connectivity index (χ4n) is 1.35.